The standard InChI is InChI=1S/C17H26N4O4/c1-17(2,3)25-16(24)21-13(14(22)18-4)9-7-11-20-15(23)12-8-5-6-10-19-12/h5-6,8,10,13H,7,9,11H2,1-4H3,(H,18,22)(H,20,23)(H,21,24)/t13-/m0/s1. The molecular weight excluding hydrogens is 324 g/mol. The Labute approximate surface area is 147 Å². The van der Waals surface area contributed by atoms with Crippen LogP contribution in [0, 0.1) is 0 Å². The van der Waals surface area contributed by atoms with Crippen LogP contribution in [0.5, 0.6) is 0 Å². The molecule has 1 aromatic rings. The van der Waals surface area contributed by atoms with Gasteiger partial charge in [0.25, 0.3) is 5.91 Å². The molecule has 0 bridgehead atoms. The summed E-state index contributed by atoms with van der Waals surface area (Å²) < 4.78 is 5.16. The molecule has 0 saturated heterocycles. The number of nitrogens with zero attached hydrogens (tertiary/aromatic N) is 1. The summed E-state index contributed by atoms with van der Waals surface area (Å²) in [5, 5.41) is 7.77. The van der Waals surface area contributed by atoms with Crippen LogP contribution in [-0.2, 0) is 9.53 Å². The number of likely N-dealkylation sites (N-methyl/N-ethyl adjacent to an activating group) is 1. The number of alkyl carbamates (subject to hydrolysis) is 1. The number of hydrogen-bond acceptors (Lipinski definition) is 5. The zero-order chi connectivity index (χ0) is 18.9. The highest BCUT2D eigenvalue weighted by Crippen LogP contribution is 2.07. The molecule has 0 aromatic carbocycles. The highest BCUT2D eigenvalue weighted by atomic mass is 16.6. The zero-order valence-corrected chi connectivity index (χ0v) is 15.1. The number of aromatic nitrogens is 1. The van der Waals surface area contributed by atoms with Crippen molar-refractivity contribution in [3.05, 3.63) is 30.1 Å². The van der Waals surface area contributed by atoms with Crippen molar-refractivity contribution in [2.45, 2.75) is 45.3 Å². The molecule has 25 heavy (non-hydrogen) atoms. The van der Waals surface area contributed by atoms with Crippen LogP contribution in [-0.4, -0.2) is 48.1 Å². The van der Waals surface area contributed by atoms with Crippen LogP contribution in [0.4, 0.5) is 4.79 Å². The van der Waals surface area contributed by atoms with Gasteiger partial charge in [0.1, 0.15) is 17.3 Å². The van der Waals surface area contributed by atoms with Gasteiger partial charge in [0.2, 0.25) is 5.91 Å². The highest BCUT2D eigenvalue weighted by Gasteiger charge is 2.23. The van der Waals surface area contributed by atoms with Gasteiger partial charge in [0.05, 0.1) is 0 Å². The minimum atomic E-state index is -0.730. The second-order valence-electron chi connectivity index (χ2n) is 6.43. The van der Waals surface area contributed by atoms with Gasteiger partial charge in [0.15, 0.2) is 0 Å². The Bertz CT molecular complexity index is 584. The van der Waals surface area contributed by atoms with Crippen molar-refractivity contribution in [1.29, 1.82) is 0 Å². The second-order valence-corrected chi connectivity index (χ2v) is 6.43. The number of carbonyl (C=O) groups is 3. The normalized spacial score (nSPS) is 12.0. The zero-order valence-electron chi connectivity index (χ0n) is 15.1. The van der Waals surface area contributed by atoms with E-state index in [9.17, 15) is 14.4 Å². The lowest BCUT2D eigenvalue weighted by Crippen LogP contribution is -2.47. The number of carbonyl (C=O) groups excluding carboxylic acids is 3. The Hall–Kier alpha value is -2.64. The summed E-state index contributed by atoms with van der Waals surface area (Å²) in [7, 11) is 1.49. The van der Waals surface area contributed by atoms with E-state index in [2.05, 4.69) is 20.9 Å². The van der Waals surface area contributed by atoms with Crippen molar-refractivity contribution < 1.29 is 19.1 Å². The summed E-state index contributed by atoms with van der Waals surface area (Å²) in [6, 6.07) is 4.35. The van der Waals surface area contributed by atoms with E-state index in [-0.39, 0.29) is 11.8 Å². The van der Waals surface area contributed by atoms with Crippen molar-refractivity contribution in [3.8, 4) is 0 Å². The van der Waals surface area contributed by atoms with Crippen LogP contribution in [0.1, 0.15) is 44.1 Å². The fourth-order valence-corrected chi connectivity index (χ4v) is 1.99. The number of pyridine rings is 1. The predicted molar refractivity (Wildman–Crippen MR) is 93.0 cm³/mol. The summed E-state index contributed by atoms with van der Waals surface area (Å²) in [5.74, 6) is -0.598. The van der Waals surface area contributed by atoms with Crippen molar-refractivity contribution >= 4 is 17.9 Å². The SMILES string of the molecule is CNC(=O)[C@H](CCCNC(=O)c1ccccn1)NC(=O)OC(C)(C)C. The minimum absolute atomic E-state index is 0.280. The number of ether oxygens (including phenoxy) is 1. The fraction of sp³-hybridized carbons (Fsp3) is 0.529. The number of rotatable bonds is 7. The molecular formula is C17H26N4O4. The third-order valence-electron chi connectivity index (χ3n) is 3.11. The summed E-state index contributed by atoms with van der Waals surface area (Å²) in [5.41, 5.74) is -0.314. The number of nitrogens with one attached hydrogen (secondary N) is 3. The molecule has 0 saturated carbocycles. The molecule has 0 spiro atoms. The van der Waals surface area contributed by atoms with Crippen LogP contribution >= 0.6 is 0 Å². The first kappa shape index (κ1) is 20.4. The fourth-order valence-electron chi connectivity index (χ4n) is 1.99. The average molecular weight is 350 g/mol. The number of hydrogen-bond donors (Lipinski definition) is 3. The summed E-state index contributed by atoms with van der Waals surface area (Å²) >= 11 is 0. The van der Waals surface area contributed by atoms with Gasteiger partial charge in [-0.05, 0) is 45.7 Å². The summed E-state index contributed by atoms with van der Waals surface area (Å²) in [6.45, 7) is 5.59. The number of amides is 3. The quantitative estimate of drug-likeness (QED) is 0.641. The molecule has 1 heterocycles. The van der Waals surface area contributed by atoms with E-state index in [0.717, 1.165) is 0 Å². The molecule has 0 aliphatic heterocycles. The van der Waals surface area contributed by atoms with Crippen LogP contribution < -0.4 is 16.0 Å². The molecule has 0 aliphatic carbocycles. The predicted octanol–water partition coefficient (Wildman–Crippen LogP) is 1.23. The van der Waals surface area contributed by atoms with E-state index < -0.39 is 17.7 Å². The molecule has 8 heteroatoms. The molecule has 3 N–H and O–H groups in total. The third-order valence-corrected chi connectivity index (χ3v) is 3.11. The second kappa shape index (κ2) is 9.61. The molecule has 8 nitrogen and oxygen atoms in total. The third kappa shape index (κ3) is 8.14. The van der Waals surface area contributed by atoms with Crippen LogP contribution in [0.15, 0.2) is 24.4 Å². The van der Waals surface area contributed by atoms with Gasteiger partial charge in [-0.25, -0.2) is 4.79 Å². The summed E-state index contributed by atoms with van der Waals surface area (Å²) in [4.78, 5) is 39.5. The minimum Gasteiger partial charge on any atom is -0.444 e. The van der Waals surface area contributed by atoms with E-state index in [0.29, 0.717) is 25.1 Å². The van der Waals surface area contributed by atoms with E-state index in [1.807, 2.05) is 0 Å². The first-order valence-corrected chi connectivity index (χ1v) is 8.13. The van der Waals surface area contributed by atoms with E-state index in [1.54, 1.807) is 45.2 Å². The molecule has 0 fully saturated rings. The van der Waals surface area contributed by atoms with E-state index in [4.69, 9.17) is 4.74 Å². The van der Waals surface area contributed by atoms with Gasteiger partial charge in [0, 0.05) is 19.8 Å². The molecule has 3 amide bonds. The lowest BCUT2D eigenvalue weighted by Gasteiger charge is -2.23. The Morgan fingerprint density at radius 2 is 1.96 bits per heavy atom. The maximum Gasteiger partial charge on any atom is 0.408 e. The van der Waals surface area contributed by atoms with Gasteiger partial charge in [-0.15, -0.1) is 0 Å². The Kier molecular flexibility index (Phi) is 7.84. The van der Waals surface area contributed by atoms with Gasteiger partial charge < -0.3 is 20.7 Å². The van der Waals surface area contributed by atoms with Crippen molar-refractivity contribution in [2.75, 3.05) is 13.6 Å². The van der Waals surface area contributed by atoms with Crippen LogP contribution in [0.2, 0.25) is 0 Å². The lowest BCUT2D eigenvalue weighted by molar-refractivity contribution is -0.122. The van der Waals surface area contributed by atoms with E-state index in [1.165, 1.54) is 7.05 Å². The van der Waals surface area contributed by atoms with Gasteiger partial charge in [-0.3, -0.25) is 14.6 Å². The van der Waals surface area contributed by atoms with Crippen molar-refractivity contribution in [1.82, 2.24) is 20.9 Å². The molecule has 0 aliphatic rings. The Morgan fingerprint density at radius 1 is 1.24 bits per heavy atom. The maximum atomic E-state index is 11.9. The van der Waals surface area contributed by atoms with Crippen molar-refractivity contribution in [3.63, 3.8) is 0 Å². The molecule has 1 rings (SSSR count). The molecule has 0 unspecified atom stereocenters. The maximum absolute atomic E-state index is 11.9. The van der Waals surface area contributed by atoms with Gasteiger partial charge >= 0.3 is 6.09 Å². The summed E-state index contributed by atoms with van der Waals surface area (Å²) in [6.07, 6.45) is 1.76. The topological polar surface area (TPSA) is 109 Å². The largest absolute Gasteiger partial charge is 0.444 e. The van der Waals surface area contributed by atoms with Crippen molar-refractivity contribution in [2.24, 2.45) is 0 Å². The smallest absolute Gasteiger partial charge is 0.408 e. The van der Waals surface area contributed by atoms with Gasteiger partial charge in [-0.1, -0.05) is 6.07 Å². The Morgan fingerprint density at radius 3 is 2.52 bits per heavy atom. The molecule has 1 atom stereocenters. The molecule has 1 aromatic heterocycles. The first-order valence-electron chi connectivity index (χ1n) is 8.13. The van der Waals surface area contributed by atoms with Crippen LogP contribution in [0.25, 0.3) is 0 Å². The van der Waals surface area contributed by atoms with Crippen LogP contribution in [0.3, 0.4) is 0 Å². The highest BCUT2D eigenvalue weighted by molar-refractivity contribution is 5.92. The average Bonchev–Trinajstić information content (AvgIpc) is 2.55. The first-order chi connectivity index (χ1) is 11.7. The Balaban J connectivity index is 2.44. The van der Waals surface area contributed by atoms with Gasteiger partial charge in [-0.2, -0.15) is 0 Å². The van der Waals surface area contributed by atoms with E-state index >= 15 is 0 Å². The lowest BCUT2D eigenvalue weighted by atomic mass is 10.1. The monoisotopic (exact) mass is 350 g/mol. The molecule has 138 valence electrons. The molecule has 0 radical (unpaired) electrons.